The van der Waals surface area contributed by atoms with Crippen molar-refractivity contribution >= 4 is 5.82 Å². The van der Waals surface area contributed by atoms with Crippen molar-refractivity contribution in [1.82, 2.24) is 9.78 Å². The lowest BCUT2D eigenvalue weighted by Crippen LogP contribution is -2.17. The zero-order chi connectivity index (χ0) is 19.7. The molecule has 1 N–H and O–H groups in total. The molecule has 0 saturated heterocycles. The first kappa shape index (κ1) is 18.2. The summed E-state index contributed by atoms with van der Waals surface area (Å²) in [5, 5.41) is 8.03. The summed E-state index contributed by atoms with van der Waals surface area (Å²) < 4.78 is 48.2. The Balaban J connectivity index is 1.65. The fraction of sp³-hybridized carbons (Fsp3) is 0.250. The van der Waals surface area contributed by atoms with Crippen LogP contribution >= 0.6 is 0 Å². The van der Waals surface area contributed by atoms with Crippen molar-refractivity contribution in [2.24, 2.45) is 0 Å². The third-order valence-corrected chi connectivity index (χ3v) is 4.60. The Morgan fingerprint density at radius 1 is 1.11 bits per heavy atom. The van der Waals surface area contributed by atoms with Gasteiger partial charge < -0.3 is 14.8 Å². The summed E-state index contributed by atoms with van der Waals surface area (Å²) in [4.78, 5) is 0. The molecule has 146 valence electrons. The van der Waals surface area contributed by atoms with Crippen LogP contribution in [0.4, 0.5) is 19.0 Å². The van der Waals surface area contributed by atoms with Crippen LogP contribution in [0.5, 0.6) is 11.5 Å². The smallest absolute Gasteiger partial charge is 0.496 e. The lowest BCUT2D eigenvalue weighted by atomic mass is 10.0. The summed E-state index contributed by atoms with van der Waals surface area (Å²) in [5.41, 5.74) is 3.71. The van der Waals surface area contributed by atoms with Crippen molar-refractivity contribution in [3.8, 4) is 17.2 Å². The maximum absolute atomic E-state index is 12.4. The topological polar surface area (TPSA) is 48.3 Å². The number of halogens is 3. The first-order valence-electron chi connectivity index (χ1n) is 8.77. The molecule has 0 aliphatic carbocycles. The summed E-state index contributed by atoms with van der Waals surface area (Å²) >= 11 is 0. The minimum atomic E-state index is -4.71. The summed E-state index contributed by atoms with van der Waals surface area (Å²) in [6, 6.07) is 13.4. The van der Waals surface area contributed by atoms with Crippen LogP contribution in [0.15, 0.2) is 48.5 Å². The number of ether oxygens (including phenoxy) is 2. The Morgan fingerprint density at radius 3 is 2.57 bits per heavy atom. The highest BCUT2D eigenvalue weighted by Crippen LogP contribution is 2.32. The molecule has 28 heavy (non-hydrogen) atoms. The van der Waals surface area contributed by atoms with Gasteiger partial charge in [0.25, 0.3) is 0 Å². The van der Waals surface area contributed by atoms with Gasteiger partial charge in [0, 0.05) is 24.1 Å². The van der Waals surface area contributed by atoms with Crippen molar-refractivity contribution in [3.05, 3.63) is 65.4 Å². The van der Waals surface area contributed by atoms with Crippen LogP contribution in [0.1, 0.15) is 16.8 Å². The van der Waals surface area contributed by atoms with E-state index in [1.165, 1.54) is 12.1 Å². The molecule has 1 aliphatic heterocycles. The molecule has 3 aromatic rings. The SMILES string of the molecule is COc1ccccc1Cc1nn(-c2ccc(OC(F)(F)F)cc2)c2c1CCN2. The summed E-state index contributed by atoms with van der Waals surface area (Å²) in [6.45, 7) is 0.793. The molecule has 1 aliphatic rings. The highest BCUT2D eigenvalue weighted by atomic mass is 19.4. The molecular weight excluding hydrogens is 371 g/mol. The zero-order valence-corrected chi connectivity index (χ0v) is 15.1. The number of hydrogen-bond acceptors (Lipinski definition) is 4. The lowest BCUT2D eigenvalue weighted by molar-refractivity contribution is -0.274. The zero-order valence-electron chi connectivity index (χ0n) is 15.1. The molecule has 0 unspecified atom stereocenters. The number of para-hydroxylation sites is 1. The Hall–Kier alpha value is -3.16. The largest absolute Gasteiger partial charge is 0.573 e. The third kappa shape index (κ3) is 3.62. The van der Waals surface area contributed by atoms with E-state index in [0.717, 1.165) is 41.4 Å². The normalized spacial score (nSPS) is 13.1. The molecule has 0 fully saturated rings. The monoisotopic (exact) mass is 389 g/mol. The van der Waals surface area contributed by atoms with Crippen molar-refractivity contribution in [3.63, 3.8) is 0 Å². The molecule has 2 aromatic carbocycles. The molecule has 0 atom stereocenters. The van der Waals surface area contributed by atoms with Crippen molar-refractivity contribution in [2.75, 3.05) is 19.0 Å². The molecule has 0 amide bonds. The Bertz CT molecular complexity index is 981. The Morgan fingerprint density at radius 2 is 1.86 bits per heavy atom. The van der Waals surface area contributed by atoms with Gasteiger partial charge in [-0.2, -0.15) is 5.10 Å². The Labute approximate surface area is 159 Å². The summed E-state index contributed by atoms with van der Waals surface area (Å²) in [6.07, 6.45) is -3.26. The number of nitrogens with zero attached hydrogens (tertiary/aromatic N) is 2. The molecule has 1 aromatic heterocycles. The number of alkyl halides is 3. The molecule has 4 rings (SSSR count). The second-order valence-corrected chi connectivity index (χ2v) is 6.39. The van der Waals surface area contributed by atoms with E-state index in [0.29, 0.717) is 12.1 Å². The maximum atomic E-state index is 12.4. The predicted molar refractivity (Wildman–Crippen MR) is 98.2 cm³/mol. The standard InChI is InChI=1S/C20H18F3N3O2/c1-27-18-5-3-2-4-13(18)12-17-16-10-11-24-19(16)26(25-17)14-6-8-15(9-7-14)28-20(21,22)23/h2-9,24H,10-12H2,1H3. The van der Waals surface area contributed by atoms with E-state index in [-0.39, 0.29) is 5.75 Å². The second kappa shape index (κ2) is 7.10. The first-order valence-corrected chi connectivity index (χ1v) is 8.77. The maximum Gasteiger partial charge on any atom is 0.573 e. The number of fused-ring (bicyclic) bond motifs is 1. The number of anilines is 1. The average molecular weight is 389 g/mol. The van der Waals surface area contributed by atoms with E-state index in [1.807, 2.05) is 24.3 Å². The predicted octanol–water partition coefficient (Wildman–Crippen LogP) is 4.34. The molecular formula is C20H18F3N3O2. The number of hydrogen-bond donors (Lipinski definition) is 1. The van der Waals surface area contributed by atoms with Crippen molar-refractivity contribution < 1.29 is 22.6 Å². The molecule has 2 heterocycles. The van der Waals surface area contributed by atoms with Crippen LogP contribution in [-0.4, -0.2) is 29.8 Å². The molecule has 0 saturated carbocycles. The van der Waals surface area contributed by atoms with Gasteiger partial charge in [0.15, 0.2) is 0 Å². The van der Waals surface area contributed by atoms with Gasteiger partial charge in [0.2, 0.25) is 0 Å². The van der Waals surface area contributed by atoms with Gasteiger partial charge in [-0.15, -0.1) is 13.2 Å². The van der Waals surface area contributed by atoms with Gasteiger partial charge in [-0.25, -0.2) is 4.68 Å². The van der Waals surface area contributed by atoms with Crippen LogP contribution in [0.2, 0.25) is 0 Å². The van der Waals surface area contributed by atoms with Gasteiger partial charge in [0.05, 0.1) is 18.5 Å². The Kier molecular flexibility index (Phi) is 4.62. The van der Waals surface area contributed by atoms with Gasteiger partial charge >= 0.3 is 6.36 Å². The van der Waals surface area contributed by atoms with Crippen LogP contribution in [0.25, 0.3) is 5.69 Å². The van der Waals surface area contributed by atoms with Gasteiger partial charge in [0.1, 0.15) is 17.3 Å². The quantitative estimate of drug-likeness (QED) is 0.705. The van der Waals surface area contributed by atoms with E-state index in [9.17, 15) is 13.2 Å². The molecule has 0 spiro atoms. The molecule has 5 nitrogen and oxygen atoms in total. The van der Waals surface area contributed by atoms with E-state index < -0.39 is 6.36 Å². The van der Waals surface area contributed by atoms with Crippen molar-refractivity contribution in [1.29, 1.82) is 0 Å². The van der Waals surface area contributed by atoms with Crippen molar-refractivity contribution in [2.45, 2.75) is 19.2 Å². The lowest BCUT2D eigenvalue weighted by Gasteiger charge is -2.10. The molecule has 0 radical (unpaired) electrons. The van der Waals surface area contributed by atoms with Crippen LogP contribution in [0.3, 0.4) is 0 Å². The highest BCUT2D eigenvalue weighted by molar-refractivity contribution is 5.58. The summed E-state index contributed by atoms with van der Waals surface area (Å²) in [7, 11) is 1.63. The average Bonchev–Trinajstić information content (AvgIpc) is 3.26. The highest BCUT2D eigenvalue weighted by Gasteiger charge is 2.31. The molecule has 0 bridgehead atoms. The van der Waals surface area contributed by atoms with E-state index >= 15 is 0 Å². The number of benzene rings is 2. The fourth-order valence-electron chi connectivity index (χ4n) is 3.39. The van der Waals surface area contributed by atoms with E-state index in [4.69, 9.17) is 9.84 Å². The van der Waals surface area contributed by atoms with Gasteiger partial charge in [-0.3, -0.25) is 0 Å². The fourth-order valence-corrected chi connectivity index (χ4v) is 3.39. The first-order chi connectivity index (χ1) is 13.4. The van der Waals surface area contributed by atoms with Crippen LogP contribution < -0.4 is 14.8 Å². The number of nitrogens with one attached hydrogen (secondary N) is 1. The van der Waals surface area contributed by atoms with Crippen LogP contribution in [0, 0.1) is 0 Å². The number of methoxy groups -OCH3 is 1. The van der Waals surface area contributed by atoms with E-state index in [2.05, 4.69) is 10.1 Å². The summed E-state index contributed by atoms with van der Waals surface area (Å²) in [5.74, 6) is 1.40. The molecule has 8 heteroatoms. The third-order valence-electron chi connectivity index (χ3n) is 4.60. The van der Waals surface area contributed by atoms with Gasteiger partial charge in [-0.1, -0.05) is 18.2 Å². The number of rotatable bonds is 5. The van der Waals surface area contributed by atoms with Gasteiger partial charge in [-0.05, 0) is 36.8 Å². The second-order valence-electron chi connectivity index (χ2n) is 6.39. The van der Waals surface area contributed by atoms with E-state index in [1.54, 1.807) is 23.9 Å². The minimum absolute atomic E-state index is 0.262. The minimum Gasteiger partial charge on any atom is -0.496 e. The van der Waals surface area contributed by atoms with Crippen LogP contribution in [-0.2, 0) is 12.8 Å². The number of aromatic nitrogens is 2.